The summed E-state index contributed by atoms with van der Waals surface area (Å²) < 4.78 is 21.7. The van der Waals surface area contributed by atoms with Crippen LogP contribution in [0.15, 0.2) is 68.6 Å². The maximum absolute atomic E-state index is 13.4. The van der Waals surface area contributed by atoms with Crippen molar-refractivity contribution in [3.63, 3.8) is 0 Å². The highest BCUT2D eigenvalue weighted by molar-refractivity contribution is 8.04. The van der Waals surface area contributed by atoms with Crippen LogP contribution in [-0.2, 0) is 28.7 Å². The first kappa shape index (κ1) is 39.0. The van der Waals surface area contributed by atoms with Crippen LogP contribution in [-0.4, -0.2) is 91.6 Å². The van der Waals surface area contributed by atoms with Gasteiger partial charge in [-0.2, -0.15) is 9.81 Å². The van der Waals surface area contributed by atoms with E-state index in [4.69, 9.17) is 18.9 Å². The molecule has 1 aromatic carbocycles. The molecule has 0 N–H and O–H groups in total. The highest BCUT2D eigenvalue weighted by Gasteiger charge is 2.40. The van der Waals surface area contributed by atoms with Crippen molar-refractivity contribution in [2.45, 2.75) is 61.4 Å². The first-order valence-corrected chi connectivity index (χ1v) is 17.0. The van der Waals surface area contributed by atoms with Crippen molar-refractivity contribution in [1.29, 1.82) is 0 Å². The smallest absolute Gasteiger partial charge is 0.330 e. The fourth-order valence-corrected chi connectivity index (χ4v) is 5.89. The minimum Gasteiger partial charge on any atom is -0.490 e. The number of amides is 2. The van der Waals surface area contributed by atoms with Crippen LogP contribution >= 0.6 is 23.5 Å². The largest absolute Gasteiger partial charge is 0.490 e. The molecule has 256 valence electrons. The molecular weight excluding hydrogens is 652 g/mol. The standard InChI is InChI=1S/C31H40N4O10S2/c1-6-10-14-34-30(38)23(31(39)35(34)15-11-7-2)20-47-29-25(43-17-22(33-41)19-45-27(37)9-4)13-12-24(28(29)46-5)42-16-21(32-40)18-44-26(36)8-3/h8-9,12-13,20-22H,3-4,6-7,10-11,14-19H2,1-2,5H3. The van der Waals surface area contributed by atoms with Gasteiger partial charge in [0.25, 0.3) is 11.8 Å². The normalized spacial score (nSPS) is 13.9. The highest BCUT2D eigenvalue weighted by Crippen LogP contribution is 2.44. The van der Waals surface area contributed by atoms with Gasteiger partial charge in [-0.15, -0.1) is 11.8 Å². The number of benzene rings is 1. The highest BCUT2D eigenvalue weighted by atomic mass is 32.2. The van der Waals surface area contributed by atoms with E-state index in [1.54, 1.807) is 18.4 Å². The van der Waals surface area contributed by atoms with E-state index in [0.717, 1.165) is 49.6 Å². The Morgan fingerprint density at radius 3 is 1.64 bits per heavy atom. The molecular formula is C31H40N4O10S2. The Hall–Kier alpha value is -4.18. The summed E-state index contributed by atoms with van der Waals surface area (Å²) in [6.07, 6.45) is 6.84. The number of rotatable bonds is 23. The fourth-order valence-electron chi connectivity index (χ4n) is 3.99. The molecule has 2 unspecified atom stereocenters. The molecule has 47 heavy (non-hydrogen) atoms. The number of hydrogen-bond donors (Lipinski definition) is 0. The van der Waals surface area contributed by atoms with Crippen molar-refractivity contribution < 1.29 is 38.1 Å². The molecule has 2 rings (SSSR count). The summed E-state index contributed by atoms with van der Waals surface area (Å²) in [5.41, 5.74) is -0.00967. The number of hydrazine groups is 1. The SMILES string of the molecule is C=CC(=O)OCC(COc1ccc(OCC(COC(=O)C=C)N=O)c(SC=C2C(=O)N(CCCC)N(CCCC)C2=O)c1SC)N=O. The topological polar surface area (TPSA) is 171 Å². The first-order chi connectivity index (χ1) is 22.7. The third-order valence-corrected chi connectivity index (χ3v) is 8.47. The van der Waals surface area contributed by atoms with Crippen molar-refractivity contribution in [2.75, 3.05) is 45.8 Å². The third kappa shape index (κ3) is 11.5. The van der Waals surface area contributed by atoms with Gasteiger partial charge in [-0.1, -0.05) is 62.0 Å². The van der Waals surface area contributed by atoms with E-state index < -0.39 is 35.8 Å². The maximum Gasteiger partial charge on any atom is 0.330 e. The Kier molecular flexibility index (Phi) is 17.3. The number of ether oxygens (including phenoxy) is 4. The summed E-state index contributed by atoms with van der Waals surface area (Å²) in [7, 11) is 0. The number of esters is 2. The quantitative estimate of drug-likeness (QED) is 0.0492. The summed E-state index contributed by atoms with van der Waals surface area (Å²) in [5, 5.41) is 10.4. The number of nitrogens with zero attached hydrogens (tertiary/aromatic N) is 4. The zero-order valence-electron chi connectivity index (χ0n) is 26.7. The lowest BCUT2D eigenvalue weighted by molar-refractivity contribution is -0.147. The third-order valence-electron chi connectivity index (χ3n) is 6.54. The second kappa shape index (κ2) is 20.8. The number of nitroso groups, excluding NO2 is 2. The number of carbonyl (C=O) groups excluding carboxylic acids is 4. The van der Waals surface area contributed by atoms with Gasteiger partial charge >= 0.3 is 11.9 Å². The van der Waals surface area contributed by atoms with E-state index in [1.807, 2.05) is 13.8 Å². The van der Waals surface area contributed by atoms with Crippen LogP contribution in [0.3, 0.4) is 0 Å². The number of carbonyl (C=O) groups is 4. The number of hydrogen-bond acceptors (Lipinski definition) is 14. The summed E-state index contributed by atoms with van der Waals surface area (Å²) in [6, 6.07) is 1.06. The maximum atomic E-state index is 13.4. The second-order valence-electron chi connectivity index (χ2n) is 9.95. The zero-order valence-corrected chi connectivity index (χ0v) is 28.3. The lowest BCUT2D eigenvalue weighted by Gasteiger charge is -2.27. The first-order valence-electron chi connectivity index (χ1n) is 14.9. The average molecular weight is 693 g/mol. The molecule has 0 radical (unpaired) electrons. The molecule has 2 atom stereocenters. The summed E-state index contributed by atoms with van der Waals surface area (Å²) in [6.45, 7) is 10.3. The molecule has 14 nitrogen and oxygen atoms in total. The number of unbranched alkanes of at least 4 members (excludes halogenated alkanes) is 2. The average Bonchev–Trinajstić information content (AvgIpc) is 3.31. The summed E-state index contributed by atoms with van der Waals surface area (Å²) in [4.78, 5) is 73.5. The van der Waals surface area contributed by atoms with E-state index in [-0.39, 0.29) is 37.8 Å². The van der Waals surface area contributed by atoms with Gasteiger partial charge in [0.15, 0.2) is 12.1 Å². The molecule has 16 heteroatoms. The molecule has 0 saturated carbocycles. The Morgan fingerprint density at radius 1 is 0.809 bits per heavy atom. The van der Waals surface area contributed by atoms with Crippen molar-refractivity contribution >= 4 is 47.3 Å². The van der Waals surface area contributed by atoms with E-state index in [0.29, 0.717) is 28.6 Å². The molecule has 1 aromatic rings. The molecule has 0 bridgehead atoms. The summed E-state index contributed by atoms with van der Waals surface area (Å²) in [5.74, 6) is -1.66. The van der Waals surface area contributed by atoms with Crippen LogP contribution in [0.25, 0.3) is 0 Å². The van der Waals surface area contributed by atoms with Crippen LogP contribution in [0.4, 0.5) is 0 Å². The Balaban J connectivity index is 2.45. The lowest BCUT2D eigenvalue weighted by Crippen LogP contribution is -2.42. The molecule has 2 amide bonds. The van der Waals surface area contributed by atoms with Gasteiger partial charge in [-0.05, 0) is 36.6 Å². The van der Waals surface area contributed by atoms with Crippen LogP contribution < -0.4 is 9.47 Å². The van der Waals surface area contributed by atoms with E-state index in [1.165, 1.54) is 27.2 Å². The molecule has 1 aliphatic heterocycles. The molecule has 1 saturated heterocycles. The Labute approximate surface area is 282 Å². The van der Waals surface area contributed by atoms with Gasteiger partial charge in [0.05, 0.1) is 9.79 Å². The Morgan fingerprint density at radius 2 is 1.26 bits per heavy atom. The van der Waals surface area contributed by atoms with Crippen LogP contribution in [0, 0.1) is 9.81 Å². The molecule has 0 spiro atoms. The van der Waals surface area contributed by atoms with Gasteiger partial charge < -0.3 is 18.9 Å². The van der Waals surface area contributed by atoms with Crippen molar-refractivity contribution in [3.8, 4) is 11.5 Å². The molecule has 1 aliphatic rings. The van der Waals surface area contributed by atoms with Crippen molar-refractivity contribution in [1.82, 2.24) is 10.0 Å². The minimum absolute atomic E-state index is 0.00967. The van der Waals surface area contributed by atoms with Gasteiger partial charge in [0.2, 0.25) is 0 Å². The van der Waals surface area contributed by atoms with Crippen LogP contribution in [0.2, 0.25) is 0 Å². The van der Waals surface area contributed by atoms with Gasteiger partial charge in [-0.25, -0.2) is 19.6 Å². The van der Waals surface area contributed by atoms with Crippen molar-refractivity contribution in [3.05, 3.63) is 58.2 Å². The monoisotopic (exact) mass is 692 g/mol. The lowest BCUT2D eigenvalue weighted by atomic mass is 10.3. The zero-order chi connectivity index (χ0) is 34.8. The Bertz CT molecular complexity index is 1310. The van der Waals surface area contributed by atoms with Gasteiger partial charge in [-0.3, -0.25) is 9.59 Å². The summed E-state index contributed by atoms with van der Waals surface area (Å²) >= 11 is 2.31. The van der Waals surface area contributed by atoms with Gasteiger partial charge in [0, 0.05) is 25.2 Å². The van der Waals surface area contributed by atoms with Crippen LogP contribution in [0.1, 0.15) is 39.5 Å². The van der Waals surface area contributed by atoms with E-state index in [2.05, 4.69) is 23.5 Å². The molecule has 0 aromatic heterocycles. The fraction of sp³-hybridized carbons (Fsp3) is 0.484. The van der Waals surface area contributed by atoms with Crippen molar-refractivity contribution in [2.24, 2.45) is 10.4 Å². The molecule has 1 heterocycles. The van der Waals surface area contributed by atoms with E-state index >= 15 is 0 Å². The van der Waals surface area contributed by atoms with Crippen LogP contribution in [0.5, 0.6) is 11.5 Å². The predicted octanol–water partition coefficient (Wildman–Crippen LogP) is 5.06. The van der Waals surface area contributed by atoms with Gasteiger partial charge in [0.1, 0.15) is 43.5 Å². The predicted molar refractivity (Wildman–Crippen MR) is 178 cm³/mol. The molecule has 0 aliphatic carbocycles. The van der Waals surface area contributed by atoms with E-state index in [9.17, 15) is 29.0 Å². The molecule has 1 fully saturated rings. The second-order valence-corrected chi connectivity index (χ2v) is 11.6. The minimum atomic E-state index is -1.04. The number of thioether (sulfide) groups is 2.